The van der Waals surface area contributed by atoms with E-state index in [0.29, 0.717) is 16.7 Å². The lowest BCUT2D eigenvalue weighted by molar-refractivity contribution is 0.156. The van der Waals surface area contributed by atoms with Crippen molar-refractivity contribution in [2.24, 2.45) is 0 Å². The number of hydrogen-bond donors (Lipinski definition) is 1. The highest BCUT2D eigenvalue weighted by Gasteiger charge is 2.28. The Morgan fingerprint density at radius 3 is 2.78 bits per heavy atom. The molecule has 1 heterocycles. The summed E-state index contributed by atoms with van der Waals surface area (Å²) in [7, 11) is 3.95. The van der Waals surface area contributed by atoms with E-state index in [1.54, 1.807) is 6.20 Å². The van der Waals surface area contributed by atoms with Crippen molar-refractivity contribution in [1.82, 2.24) is 14.9 Å². The molecule has 8 heteroatoms. The molecule has 2 aromatic carbocycles. The average Bonchev–Trinajstić information content (AvgIpc) is 2.78. The quantitative estimate of drug-likeness (QED) is 0.472. The molecule has 1 aliphatic carbocycles. The molecule has 166 valence electrons. The molecule has 0 spiro atoms. The summed E-state index contributed by atoms with van der Waals surface area (Å²) in [5, 5.41) is 3.71. The topological polar surface area (TPSA) is 67.3 Å². The van der Waals surface area contributed by atoms with Crippen LogP contribution >= 0.6 is 23.2 Å². The lowest BCUT2D eigenvalue weighted by atomic mass is 9.78. The van der Waals surface area contributed by atoms with Crippen molar-refractivity contribution < 1.29 is 9.53 Å². The molecule has 0 radical (unpaired) electrons. The van der Waals surface area contributed by atoms with Crippen LogP contribution in [0.3, 0.4) is 0 Å². The second-order valence-electron chi connectivity index (χ2n) is 8.00. The molecular formula is C24H24Cl2N4O2. The van der Waals surface area contributed by atoms with Crippen LogP contribution in [0.15, 0.2) is 48.7 Å². The van der Waals surface area contributed by atoms with E-state index >= 15 is 0 Å². The van der Waals surface area contributed by atoms with E-state index in [4.69, 9.17) is 27.9 Å². The molecule has 0 aliphatic heterocycles. The first-order chi connectivity index (χ1) is 15.4. The van der Waals surface area contributed by atoms with E-state index < -0.39 is 6.09 Å². The van der Waals surface area contributed by atoms with Crippen molar-refractivity contribution in [2.45, 2.75) is 18.8 Å². The molecule has 1 atom stereocenters. The van der Waals surface area contributed by atoms with Gasteiger partial charge in [-0.2, -0.15) is 0 Å². The number of carbonyl (C=O) groups is 1. The van der Waals surface area contributed by atoms with E-state index in [-0.39, 0.29) is 11.9 Å². The van der Waals surface area contributed by atoms with Gasteiger partial charge in [0.1, 0.15) is 0 Å². The summed E-state index contributed by atoms with van der Waals surface area (Å²) in [6, 6.07) is 13.9. The van der Waals surface area contributed by atoms with Gasteiger partial charge in [-0.25, -0.2) is 14.8 Å². The van der Waals surface area contributed by atoms with Crippen LogP contribution in [-0.2, 0) is 11.2 Å². The maximum absolute atomic E-state index is 12.1. The third kappa shape index (κ3) is 5.04. The number of amides is 1. The molecule has 1 aliphatic rings. The normalized spacial score (nSPS) is 14.6. The first-order valence-corrected chi connectivity index (χ1v) is 11.2. The fourth-order valence-electron chi connectivity index (χ4n) is 3.90. The molecule has 1 aromatic heterocycles. The Hall–Kier alpha value is -2.67. The highest BCUT2D eigenvalue weighted by Crippen LogP contribution is 2.42. The summed E-state index contributed by atoms with van der Waals surface area (Å²) < 4.78 is 5.23. The Balaban J connectivity index is 1.55. The summed E-state index contributed by atoms with van der Waals surface area (Å²) in [5.41, 5.74) is 5.06. The van der Waals surface area contributed by atoms with E-state index in [0.717, 1.165) is 47.3 Å². The molecule has 0 fully saturated rings. The van der Waals surface area contributed by atoms with Gasteiger partial charge >= 0.3 is 6.09 Å². The molecule has 4 rings (SSSR count). The third-order valence-electron chi connectivity index (χ3n) is 5.42. The van der Waals surface area contributed by atoms with Crippen LogP contribution in [0.1, 0.15) is 29.0 Å². The minimum atomic E-state index is -0.554. The SMILES string of the molecule is CN(C)CCCOC(=O)Nc1ncc2c(n1)-c1ccccc1[C@H](c1ccc(Cl)c(Cl)c1)C2. The molecule has 3 aromatic rings. The zero-order valence-electron chi connectivity index (χ0n) is 17.9. The van der Waals surface area contributed by atoms with Gasteiger partial charge in [-0.1, -0.05) is 53.5 Å². The Morgan fingerprint density at radius 1 is 1.19 bits per heavy atom. The highest BCUT2D eigenvalue weighted by atomic mass is 35.5. The number of nitrogens with one attached hydrogen (secondary N) is 1. The Morgan fingerprint density at radius 2 is 2.00 bits per heavy atom. The number of anilines is 1. The Bertz CT molecular complexity index is 1140. The van der Waals surface area contributed by atoms with Gasteiger partial charge in [0.05, 0.1) is 22.3 Å². The minimum absolute atomic E-state index is 0.109. The summed E-state index contributed by atoms with van der Waals surface area (Å²) in [4.78, 5) is 23.1. The van der Waals surface area contributed by atoms with Crippen LogP contribution in [-0.4, -0.2) is 48.2 Å². The maximum atomic E-state index is 12.1. The fraction of sp³-hybridized carbons (Fsp3) is 0.292. The molecule has 1 amide bonds. The first kappa shape index (κ1) is 22.5. The Kier molecular flexibility index (Phi) is 6.94. The first-order valence-electron chi connectivity index (χ1n) is 10.4. The average molecular weight is 471 g/mol. The second-order valence-corrected chi connectivity index (χ2v) is 8.82. The smallest absolute Gasteiger partial charge is 0.414 e. The largest absolute Gasteiger partial charge is 0.449 e. The lowest BCUT2D eigenvalue weighted by Crippen LogP contribution is -2.20. The second kappa shape index (κ2) is 9.86. The summed E-state index contributed by atoms with van der Waals surface area (Å²) in [5.74, 6) is 0.335. The minimum Gasteiger partial charge on any atom is -0.449 e. The van der Waals surface area contributed by atoms with E-state index in [9.17, 15) is 4.79 Å². The fourth-order valence-corrected chi connectivity index (χ4v) is 4.20. The van der Waals surface area contributed by atoms with Crippen LogP contribution < -0.4 is 5.32 Å². The summed E-state index contributed by atoms with van der Waals surface area (Å²) >= 11 is 12.4. The molecule has 32 heavy (non-hydrogen) atoms. The molecule has 0 bridgehead atoms. The molecule has 0 saturated carbocycles. The third-order valence-corrected chi connectivity index (χ3v) is 6.16. The number of benzene rings is 2. The van der Waals surface area contributed by atoms with Crippen LogP contribution in [0, 0.1) is 0 Å². The standard InChI is InChI=1S/C24H24Cl2N4O2/c1-30(2)10-5-11-32-24(31)29-23-27-14-16-12-19(15-8-9-20(25)21(26)13-15)17-6-3-4-7-18(17)22(16)28-23/h3-4,6-9,13-14,19H,5,10-12H2,1-2H3,(H,27,28,29,31)/t19-/m0/s1. The number of halogens is 2. The van der Waals surface area contributed by atoms with Crippen molar-refractivity contribution in [3.8, 4) is 11.3 Å². The van der Waals surface area contributed by atoms with Gasteiger partial charge in [-0.15, -0.1) is 0 Å². The molecular weight excluding hydrogens is 447 g/mol. The number of rotatable bonds is 6. The van der Waals surface area contributed by atoms with Crippen molar-refractivity contribution in [2.75, 3.05) is 32.6 Å². The van der Waals surface area contributed by atoms with Gasteiger partial charge < -0.3 is 9.64 Å². The molecule has 0 saturated heterocycles. The van der Waals surface area contributed by atoms with Gasteiger partial charge in [0, 0.05) is 24.2 Å². The van der Waals surface area contributed by atoms with E-state index in [2.05, 4.69) is 21.4 Å². The predicted molar refractivity (Wildman–Crippen MR) is 128 cm³/mol. The van der Waals surface area contributed by atoms with Crippen LogP contribution in [0.5, 0.6) is 0 Å². The van der Waals surface area contributed by atoms with E-state index in [1.807, 2.05) is 55.4 Å². The van der Waals surface area contributed by atoms with Gasteiger partial charge in [-0.3, -0.25) is 5.32 Å². The number of aromatic nitrogens is 2. The van der Waals surface area contributed by atoms with Crippen molar-refractivity contribution in [3.05, 3.63) is 75.4 Å². The van der Waals surface area contributed by atoms with Crippen LogP contribution in [0.4, 0.5) is 10.7 Å². The molecule has 6 nitrogen and oxygen atoms in total. The summed E-state index contributed by atoms with van der Waals surface area (Å²) in [6.45, 7) is 1.18. The highest BCUT2D eigenvalue weighted by molar-refractivity contribution is 6.42. The number of carbonyl (C=O) groups excluding carboxylic acids is 1. The number of fused-ring (bicyclic) bond motifs is 3. The van der Waals surface area contributed by atoms with Gasteiger partial charge in [0.25, 0.3) is 0 Å². The molecule has 0 unspecified atom stereocenters. The number of ether oxygens (including phenoxy) is 1. The number of nitrogens with zero attached hydrogens (tertiary/aromatic N) is 3. The number of hydrogen-bond acceptors (Lipinski definition) is 5. The monoisotopic (exact) mass is 470 g/mol. The van der Waals surface area contributed by atoms with Crippen molar-refractivity contribution in [1.29, 1.82) is 0 Å². The predicted octanol–water partition coefficient (Wildman–Crippen LogP) is 5.64. The Labute approximate surface area is 197 Å². The van der Waals surface area contributed by atoms with Gasteiger partial charge in [0.2, 0.25) is 5.95 Å². The molecule has 1 N–H and O–H groups in total. The van der Waals surface area contributed by atoms with Gasteiger partial charge in [0.15, 0.2) is 0 Å². The van der Waals surface area contributed by atoms with Crippen LogP contribution in [0.25, 0.3) is 11.3 Å². The zero-order valence-corrected chi connectivity index (χ0v) is 19.5. The van der Waals surface area contributed by atoms with Crippen molar-refractivity contribution in [3.63, 3.8) is 0 Å². The zero-order chi connectivity index (χ0) is 22.7. The van der Waals surface area contributed by atoms with Gasteiger partial charge in [-0.05, 0) is 55.8 Å². The lowest BCUT2D eigenvalue weighted by Gasteiger charge is -2.27. The summed E-state index contributed by atoms with van der Waals surface area (Å²) in [6.07, 6.45) is 2.69. The van der Waals surface area contributed by atoms with Crippen LogP contribution in [0.2, 0.25) is 10.0 Å². The van der Waals surface area contributed by atoms with Crippen molar-refractivity contribution >= 4 is 35.2 Å². The maximum Gasteiger partial charge on any atom is 0.414 e. The van der Waals surface area contributed by atoms with E-state index in [1.165, 1.54) is 0 Å².